The molecule has 0 bridgehead atoms. The third-order valence-electron chi connectivity index (χ3n) is 6.18. The third-order valence-corrected chi connectivity index (χ3v) is 6.18. The van der Waals surface area contributed by atoms with Crippen molar-refractivity contribution in [2.45, 2.75) is 53.1 Å². The number of piperidine rings is 1. The summed E-state index contributed by atoms with van der Waals surface area (Å²) in [7, 11) is 0. The number of hydrogen-bond donors (Lipinski definition) is 0. The lowest BCUT2D eigenvalue weighted by atomic mass is 9.77. The number of pyridine rings is 1. The van der Waals surface area contributed by atoms with Gasteiger partial charge in [-0.3, -0.25) is 14.7 Å². The molecule has 144 valence electrons. The molecule has 2 saturated heterocycles. The number of carbonyl (C=O) groups excluding carboxylic acids is 1. The average Bonchev–Trinajstić information content (AvgIpc) is 3.11. The van der Waals surface area contributed by atoms with E-state index in [0.29, 0.717) is 13.0 Å². The monoisotopic (exact) mass is 368 g/mol. The molecule has 0 saturated carbocycles. The zero-order valence-corrected chi connectivity index (χ0v) is 16.5. The first-order valence-electron chi connectivity index (χ1n) is 9.79. The van der Waals surface area contributed by atoms with E-state index in [4.69, 9.17) is 4.52 Å². The molecule has 1 spiro atoms. The van der Waals surface area contributed by atoms with E-state index >= 15 is 0 Å². The predicted octanol–water partition coefficient (Wildman–Crippen LogP) is 3.01. The molecular weight excluding hydrogens is 340 g/mol. The van der Waals surface area contributed by atoms with Gasteiger partial charge in [0.1, 0.15) is 5.76 Å². The van der Waals surface area contributed by atoms with Gasteiger partial charge in [0.15, 0.2) is 0 Å². The Morgan fingerprint density at radius 1 is 1.15 bits per heavy atom. The SMILES string of the molecule is Cc1cccc(CN2CCC3(CC2)CC(=O)N(Cc2c(C)noc2C)C3)n1. The molecule has 0 aromatic carbocycles. The molecule has 0 unspecified atom stereocenters. The van der Waals surface area contributed by atoms with Crippen molar-refractivity contribution >= 4 is 5.91 Å². The molecule has 2 aromatic heterocycles. The summed E-state index contributed by atoms with van der Waals surface area (Å²) in [6, 6.07) is 6.21. The number of aromatic nitrogens is 2. The summed E-state index contributed by atoms with van der Waals surface area (Å²) in [5, 5.41) is 4.02. The van der Waals surface area contributed by atoms with Gasteiger partial charge in [-0.25, -0.2) is 0 Å². The molecule has 2 aliphatic heterocycles. The largest absolute Gasteiger partial charge is 0.361 e. The number of amides is 1. The van der Waals surface area contributed by atoms with Gasteiger partial charge in [-0.2, -0.15) is 0 Å². The van der Waals surface area contributed by atoms with Crippen LogP contribution in [0.3, 0.4) is 0 Å². The lowest BCUT2D eigenvalue weighted by molar-refractivity contribution is -0.128. The maximum absolute atomic E-state index is 12.7. The highest BCUT2D eigenvalue weighted by molar-refractivity contribution is 5.79. The Labute approximate surface area is 160 Å². The second kappa shape index (κ2) is 7.08. The number of aryl methyl sites for hydroxylation is 3. The van der Waals surface area contributed by atoms with Crippen molar-refractivity contribution in [2.75, 3.05) is 19.6 Å². The van der Waals surface area contributed by atoms with Crippen molar-refractivity contribution in [1.82, 2.24) is 19.9 Å². The molecule has 0 atom stereocenters. The maximum Gasteiger partial charge on any atom is 0.223 e. The van der Waals surface area contributed by atoms with Crippen molar-refractivity contribution in [2.24, 2.45) is 5.41 Å². The lowest BCUT2D eigenvalue weighted by Gasteiger charge is -2.38. The van der Waals surface area contributed by atoms with Crippen molar-refractivity contribution in [3.63, 3.8) is 0 Å². The molecule has 2 aliphatic rings. The van der Waals surface area contributed by atoms with Gasteiger partial charge >= 0.3 is 0 Å². The Morgan fingerprint density at radius 2 is 1.93 bits per heavy atom. The van der Waals surface area contributed by atoms with Gasteiger partial charge in [0, 0.05) is 30.8 Å². The summed E-state index contributed by atoms with van der Waals surface area (Å²) in [6.07, 6.45) is 2.82. The molecule has 1 amide bonds. The zero-order valence-electron chi connectivity index (χ0n) is 16.5. The highest BCUT2D eigenvalue weighted by Gasteiger charge is 2.45. The molecule has 6 heteroatoms. The van der Waals surface area contributed by atoms with Crippen LogP contribution in [0.15, 0.2) is 22.7 Å². The van der Waals surface area contributed by atoms with Crippen LogP contribution in [0.5, 0.6) is 0 Å². The Balaban J connectivity index is 1.36. The minimum Gasteiger partial charge on any atom is -0.361 e. The normalized spacial score (nSPS) is 20.0. The first-order valence-corrected chi connectivity index (χ1v) is 9.79. The topological polar surface area (TPSA) is 62.5 Å². The minimum atomic E-state index is 0.132. The minimum absolute atomic E-state index is 0.132. The quantitative estimate of drug-likeness (QED) is 0.830. The van der Waals surface area contributed by atoms with Crippen LogP contribution < -0.4 is 0 Å². The maximum atomic E-state index is 12.7. The van der Waals surface area contributed by atoms with E-state index in [2.05, 4.69) is 27.2 Å². The van der Waals surface area contributed by atoms with Gasteiger partial charge in [-0.15, -0.1) is 0 Å². The van der Waals surface area contributed by atoms with E-state index in [1.165, 1.54) is 0 Å². The molecule has 27 heavy (non-hydrogen) atoms. The number of hydrogen-bond acceptors (Lipinski definition) is 5. The van der Waals surface area contributed by atoms with E-state index in [0.717, 1.165) is 67.4 Å². The van der Waals surface area contributed by atoms with E-state index in [1.807, 2.05) is 31.7 Å². The predicted molar refractivity (Wildman–Crippen MR) is 102 cm³/mol. The lowest BCUT2D eigenvalue weighted by Crippen LogP contribution is -2.41. The number of rotatable bonds is 4. The van der Waals surface area contributed by atoms with Gasteiger partial charge in [-0.05, 0) is 64.3 Å². The number of carbonyl (C=O) groups is 1. The molecule has 4 heterocycles. The van der Waals surface area contributed by atoms with Crippen LogP contribution >= 0.6 is 0 Å². The second-order valence-electron chi connectivity index (χ2n) is 8.28. The fourth-order valence-corrected chi connectivity index (χ4v) is 4.48. The Bertz CT molecular complexity index is 817. The first-order chi connectivity index (χ1) is 12.9. The van der Waals surface area contributed by atoms with Gasteiger partial charge in [0.25, 0.3) is 0 Å². The average molecular weight is 368 g/mol. The van der Waals surface area contributed by atoms with E-state index < -0.39 is 0 Å². The van der Waals surface area contributed by atoms with Gasteiger partial charge < -0.3 is 9.42 Å². The second-order valence-corrected chi connectivity index (χ2v) is 8.28. The van der Waals surface area contributed by atoms with Crippen LogP contribution in [-0.4, -0.2) is 45.5 Å². The van der Waals surface area contributed by atoms with Crippen molar-refractivity contribution < 1.29 is 9.32 Å². The van der Waals surface area contributed by atoms with Crippen LogP contribution in [0.25, 0.3) is 0 Å². The molecular formula is C21H28N4O2. The summed E-state index contributed by atoms with van der Waals surface area (Å²) in [6.45, 7) is 10.3. The van der Waals surface area contributed by atoms with E-state index in [-0.39, 0.29) is 11.3 Å². The van der Waals surface area contributed by atoms with Crippen LogP contribution in [0.1, 0.15) is 47.7 Å². The highest BCUT2D eigenvalue weighted by atomic mass is 16.5. The molecule has 2 fully saturated rings. The molecule has 6 nitrogen and oxygen atoms in total. The summed E-state index contributed by atoms with van der Waals surface area (Å²) >= 11 is 0. The fourth-order valence-electron chi connectivity index (χ4n) is 4.48. The Hall–Kier alpha value is -2.21. The molecule has 0 radical (unpaired) electrons. The Morgan fingerprint density at radius 3 is 2.59 bits per heavy atom. The first kappa shape index (κ1) is 18.2. The summed E-state index contributed by atoms with van der Waals surface area (Å²) in [4.78, 5) is 21.7. The molecule has 0 aliphatic carbocycles. The molecule has 4 rings (SSSR count). The van der Waals surface area contributed by atoms with Gasteiger partial charge in [0.05, 0.1) is 17.9 Å². The van der Waals surface area contributed by atoms with Crippen LogP contribution in [0.4, 0.5) is 0 Å². The smallest absolute Gasteiger partial charge is 0.223 e. The zero-order chi connectivity index (χ0) is 19.0. The van der Waals surface area contributed by atoms with Crippen LogP contribution in [-0.2, 0) is 17.9 Å². The third kappa shape index (κ3) is 3.76. The van der Waals surface area contributed by atoms with Crippen LogP contribution in [0, 0.1) is 26.2 Å². The van der Waals surface area contributed by atoms with E-state index in [1.54, 1.807) is 0 Å². The standard InChI is InChI=1S/C21H28N4O2/c1-15-5-4-6-18(22-15)12-24-9-7-21(8-10-24)11-20(26)25(14-21)13-19-16(2)23-27-17(19)3/h4-6H,7-14H2,1-3H3. The summed E-state index contributed by atoms with van der Waals surface area (Å²) in [5.41, 5.74) is 4.28. The summed E-state index contributed by atoms with van der Waals surface area (Å²) in [5.74, 6) is 1.09. The number of nitrogens with zero attached hydrogens (tertiary/aromatic N) is 4. The van der Waals surface area contributed by atoms with Crippen molar-refractivity contribution in [3.05, 3.63) is 46.6 Å². The van der Waals surface area contributed by atoms with Gasteiger partial charge in [0.2, 0.25) is 5.91 Å². The van der Waals surface area contributed by atoms with E-state index in [9.17, 15) is 4.79 Å². The highest BCUT2D eigenvalue weighted by Crippen LogP contribution is 2.42. The fraction of sp³-hybridized carbons (Fsp3) is 0.571. The van der Waals surface area contributed by atoms with Crippen molar-refractivity contribution in [3.8, 4) is 0 Å². The van der Waals surface area contributed by atoms with Gasteiger partial charge in [-0.1, -0.05) is 11.2 Å². The molecule has 2 aromatic rings. The van der Waals surface area contributed by atoms with Crippen molar-refractivity contribution in [1.29, 1.82) is 0 Å². The Kier molecular flexibility index (Phi) is 4.76. The summed E-state index contributed by atoms with van der Waals surface area (Å²) < 4.78 is 5.26. The van der Waals surface area contributed by atoms with Crippen LogP contribution in [0.2, 0.25) is 0 Å². The number of likely N-dealkylation sites (tertiary alicyclic amines) is 2. The molecule has 0 N–H and O–H groups in total.